The maximum Gasteiger partial charge on any atom is 0.280 e. The Bertz CT molecular complexity index is 484. The lowest BCUT2D eigenvalue weighted by Gasteiger charge is -2.05. The van der Waals surface area contributed by atoms with E-state index in [1.807, 2.05) is 18.2 Å². The second-order valence-electron chi connectivity index (χ2n) is 3.42. The quantitative estimate of drug-likeness (QED) is 0.775. The van der Waals surface area contributed by atoms with Gasteiger partial charge in [0.05, 0.1) is 0 Å². The summed E-state index contributed by atoms with van der Waals surface area (Å²) in [6, 6.07) is 10.4. The summed E-state index contributed by atoms with van der Waals surface area (Å²) < 4.78 is 25.1. The van der Waals surface area contributed by atoms with Crippen molar-refractivity contribution in [3.63, 3.8) is 0 Å². The van der Waals surface area contributed by atoms with E-state index in [0.29, 0.717) is 11.5 Å². The molecule has 0 atom stereocenters. The van der Waals surface area contributed by atoms with Gasteiger partial charge in [0.25, 0.3) is 6.43 Å². The molecule has 0 saturated heterocycles. The van der Waals surface area contributed by atoms with Crippen LogP contribution in [0.15, 0.2) is 36.4 Å². The van der Waals surface area contributed by atoms with Crippen LogP contribution >= 0.6 is 0 Å². The Morgan fingerprint density at radius 3 is 2.38 bits per heavy atom. The molecule has 0 aliphatic rings. The minimum absolute atomic E-state index is 0.230. The second-order valence-corrected chi connectivity index (χ2v) is 3.42. The third-order valence-corrected chi connectivity index (χ3v) is 2.13. The predicted octanol–water partition coefficient (Wildman–Crippen LogP) is 3.39. The van der Waals surface area contributed by atoms with Gasteiger partial charge >= 0.3 is 0 Å². The summed E-state index contributed by atoms with van der Waals surface area (Å²) in [6.07, 6.45) is -2.57. The average Bonchev–Trinajstić information content (AvgIpc) is 2.29. The molecule has 0 spiro atoms. The SMILES string of the molecule is Cc1cc(C(F)F)nc(-c2ccccc2)n1. The third kappa shape index (κ3) is 2.21. The zero-order chi connectivity index (χ0) is 11.5. The molecule has 2 rings (SSSR count). The maximum atomic E-state index is 12.6. The summed E-state index contributed by atoms with van der Waals surface area (Å²) in [7, 11) is 0. The van der Waals surface area contributed by atoms with Gasteiger partial charge in [-0.05, 0) is 13.0 Å². The first-order valence-corrected chi connectivity index (χ1v) is 4.86. The number of halogens is 2. The van der Waals surface area contributed by atoms with E-state index in [-0.39, 0.29) is 5.69 Å². The fourth-order valence-electron chi connectivity index (χ4n) is 1.42. The van der Waals surface area contributed by atoms with Crippen LogP contribution in [0.5, 0.6) is 0 Å². The first kappa shape index (κ1) is 10.7. The van der Waals surface area contributed by atoms with Crippen molar-refractivity contribution < 1.29 is 8.78 Å². The third-order valence-electron chi connectivity index (χ3n) is 2.13. The van der Waals surface area contributed by atoms with Gasteiger partial charge in [-0.1, -0.05) is 30.3 Å². The van der Waals surface area contributed by atoms with Gasteiger partial charge in [-0.3, -0.25) is 0 Å². The minimum atomic E-state index is -2.57. The van der Waals surface area contributed by atoms with Gasteiger partial charge in [-0.15, -0.1) is 0 Å². The number of aromatic nitrogens is 2. The van der Waals surface area contributed by atoms with Gasteiger partial charge in [0.15, 0.2) is 5.82 Å². The summed E-state index contributed by atoms with van der Waals surface area (Å²) in [5.74, 6) is 0.343. The molecule has 0 saturated carbocycles. The van der Waals surface area contributed by atoms with Crippen molar-refractivity contribution in [1.29, 1.82) is 0 Å². The van der Waals surface area contributed by atoms with Crippen molar-refractivity contribution in [2.45, 2.75) is 13.3 Å². The molecule has 1 heterocycles. The monoisotopic (exact) mass is 220 g/mol. The van der Waals surface area contributed by atoms with Gasteiger partial charge in [-0.2, -0.15) is 0 Å². The van der Waals surface area contributed by atoms with Crippen LogP contribution in [0.1, 0.15) is 17.8 Å². The lowest BCUT2D eigenvalue weighted by atomic mass is 10.2. The zero-order valence-electron chi connectivity index (χ0n) is 8.69. The molecule has 82 valence electrons. The van der Waals surface area contributed by atoms with Gasteiger partial charge in [0, 0.05) is 11.3 Å². The highest BCUT2D eigenvalue weighted by molar-refractivity contribution is 5.54. The van der Waals surface area contributed by atoms with Crippen molar-refractivity contribution in [3.05, 3.63) is 47.8 Å². The Balaban J connectivity index is 2.50. The summed E-state index contributed by atoms with van der Waals surface area (Å²) in [6.45, 7) is 1.68. The summed E-state index contributed by atoms with van der Waals surface area (Å²) in [5.41, 5.74) is 1.06. The minimum Gasteiger partial charge on any atom is -0.233 e. The van der Waals surface area contributed by atoms with E-state index in [4.69, 9.17) is 0 Å². The second kappa shape index (κ2) is 4.35. The lowest BCUT2D eigenvalue weighted by molar-refractivity contribution is 0.146. The number of benzene rings is 1. The number of rotatable bonds is 2. The largest absolute Gasteiger partial charge is 0.280 e. The zero-order valence-corrected chi connectivity index (χ0v) is 8.69. The molecular weight excluding hydrogens is 210 g/mol. The fourth-order valence-corrected chi connectivity index (χ4v) is 1.42. The summed E-state index contributed by atoms with van der Waals surface area (Å²) >= 11 is 0. The highest BCUT2D eigenvalue weighted by Gasteiger charge is 2.12. The van der Waals surface area contributed by atoms with Crippen molar-refractivity contribution in [1.82, 2.24) is 9.97 Å². The van der Waals surface area contributed by atoms with Crippen LogP contribution in [-0.2, 0) is 0 Å². The predicted molar refractivity (Wildman–Crippen MR) is 57.2 cm³/mol. The highest BCUT2D eigenvalue weighted by Crippen LogP contribution is 2.21. The smallest absolute Gasteiger partial charge is 0.233 e. The normalized spacial score (nSPS) is 10.8. The van der Waals surface area contributed by atoms with Crippen molar-refractivity contribution in [2.24, 2.45) is 0 Å². The van der Waals surface area contributed by atoms with Crippen LogP contribution in [0.3, 0.4) is 0 Å². The van der Waals surface area contributed by atoms with Crippen LogP contribution in [0.4, 0.5) is 8.78 Å². The Morgan fingerprint density at radius 1 is 1.06 bits per heavy atom. The Kier molecular flexibility index (Phi) is 2.90. The standard InChI is InChI=1S/C12H10F2N2/c1-8-7-10(11(13)14)16-12(15-8)9-5-3-2-4-6-9/h2-7,11H,1H3. The van der Waals surface area contributed by atoms with E-state index >= 15 is 0 Å². The molecule has 16 heavy (non-hydrogen) atoms. The molecule has 0 N–H and O–H groups in total. The number of hydrogen-bond acceptors (Lipinski definition) is 2. The maximum absolute atomic E-state index is 12.6. The van der Waals surface area contributed by atoms with Crippen molar-refractivity contribution in [3.8, 4) is 11.4 Å². The molecule has 0 amide bonds. The molecule has 0 unspecified atom stereocenters. The molecule has 0 bridgehead atoms. The van der Waals surface area contributed by atoms with Gasteiger partial charge in [0.2, 0.25) is 0 Å². The van der Waals surface area contributed by atoms with E-state index in [1.165, 1.54) is 6.07 Å². The van der Waals surface area contributed by atoms with Crippen LogP contribution < -0.4 is 0 Å². The van der Waals surface area contributed by atoms with Crippen LogP contribution in [-0.4, -0.2) is 9.97 Å². The molecule has 4 heteroatoms. The van der Waals surface area contributed by atoms with Gasteiger partial charge < -0.3 is 0 Å². The van der Waals surface area contributed by atoms with Crippen molar-refractivity contribution in [2.75, 3.05) is 0 Å². The molecule has 2 aromatic rings. The van der Waals surface area contributed by atoms with Gasteiger partial charge in [-0.25, -0.2) is 18.7 Å². The fraction of sp³-hybridized carbons (Fsp3) is 0.167. The van der Waals surface area contributed by atoms with Crippen LogP contribution in [0.25, 0.3) is 11.4 Å². The number of aryl methyl sites for hydroxylation is 1. The first-order valence-electron chi connectivity index (χ1n) is 4.86. The lowest BCUT2D eigenvalue weighted by Crippen LogP contribution is -1.98. The molecule has 1 aromatic heterocycles. The number of alkyl halides is 2. The molecule has 0 fully saturated rings. The number of hydrogen-bond donors (Lipinski definition) is 0. The van der Waals surface area contributed by atoms with E-state index in [0.717, 1.165) is 5.56 Å². The Morgan fingerprint density at radius 2 is 1.75 bits per heavy atom. The van der Waals surface area contributed by atoms with Crippen LogP contribution in [0, 0.1) is 6.92 Å². The Labute approximate surface area is 92.0 Å². The average molecular weight is 220 g/mol. The van der Waals surface area contributed by atoms with E-state index in [9.17, 15) is 8.78 Å². The highest BCUT2D eigenvalue weighted by atomic mass is 19.3. The molecule has 0 aliphatic heterocycles. The molecule has 0 radical (unpaired) electrons. The first-order chi connectivity index (χ1) is 7.66. The summed E-state index contributed by atoms with van der Waals surface area (Å²) in [5, 5.41) is 0. The van der Waals surface area contributed by atoms with E-state index in [2.05, 4.69) is 9.97 Å². The van der Waals surface area contributed by atoms with Gasteiger partial charge in [0.1, 0.15) is 5.69 Å². The molecule has 2 nitrogen and oxygen atoms in total. The molecular formula is C12H10F2N2. The van der Waals surface area contributed by atoms with Crippen LogP contribution in [0.2, 0.25) is 0 Å². The topological polar surface area (TPSA) is 25.8 Å². The van der Waals surface area contributed by atoms with Crippen molar-refractivity contribution >= 4 is 0 Å². The molecule has 1 aromatic carbocycles. The van der Waals surface area contributed by atoms with E-state index < -0.39 is 6.43 Å². The molecule has 0 aliphatic carbocycles. The summed E-state index contributed by atoms with van der Waals surface area (Å²) in [4.78, 5) is 7.98. The Hall–Kier alpha value is -1.84. The number of nitrogens with zero attached hydrogens (tertiary/aromatic N) is 2. The van der Waals surface area contributed by atoms with E-state index in [1.54, 1.807) is 19.1 Å².